The van der Waals surface area contributed by atoms with Crippen LogP contribution in [0.4, 0.5) is 4.39 Å². The van der Waals surface area contributed by atoms with Gasteiger partial charge in [0.1, 0.15) is 5.82 Å². The molecule has 0 N–H and O–H groups in total. The Morgan fingerprint density at radius 2 is 1.87 bits per heavy atom. The maximum atomic E-state index is 13.6. The van der Waals surface area contributed by atoms with Gasteiger partial charge in [-0.25, -0.2) is 4.39 Å². The van der Waals surface area contributed by atoms with Crippen LogP contribution in [0.2, 0.25) is 0 Å². The molecular weight excluding hydrogens is 391 g/mol. The summed E-state index contributed by atoms with van der Waals surface area (Å²) in [5.41, 5.74) is 0.814. The van der Waals surface area contributed by atoms with E-state index in [-0.39, 0.29) is 11.2 Å². The molecule has 0 aliphatic carbocycles. The van der Waals surface area contributed by atoms with Crippen LogP contribution >= 0.6 is 47.8 Å². The highest BCUT2D eigenvalue weighted by Gasteiger charge is 2.23. The Morgan fingerprint density at radius 3 is 2.33 bits per heavy atom. The van der Waals surface area contributed by atoms with E-state index in [0.29, 0.717) is 0 Å². The van der Waals surface area contributed by atoms with Crippen molar-refractivity contribution in [2.45, 2.75) is 13.3 Å². The fourth-order valence-corrected chi connectivity index (χ4v) is 2.91. The normalized spacial score (nSPS) is 11.8. The first kappa shape index (κ1) is 13.7. The topological polar surface area (TPSA) is 0 Å². The summed E-state index contributed by atoms with van der Waals surface area (Å²) in [5.74, 6) is -0.141. The highest BCUT2D eigenvalue weighted by atomic mass is 79.9. The second kappa shape index (κ2) is 5.78. The van der Waals surface area contributed by atoms with Crippen LogP contribution in [0.15, 0.2) is 22.7 Å². The Balaban J connectivity index is 2.89. The molecule has 0 atom stereocenters. The Kier molecular flexibility index (Phi) is 5.26. The first-order valence-corrected chi connectivity index (χ1v) is 7.60. The summed E-state index contributed by atoms with van der Waals surface area (Å²) >= 11 is 10.2. The Hall–Kier alpha value is 0.590. The molecule has 4 heteroatoms. The van der Waals surface area contributed by atoms with Crippen LogP contribution in [-0.2, 0) is 6.42 Å². The minimum Gasteiger partial charge on any atom is -0.207 e. The first-order valence-electron chi connectivity index (χ1n) is 4.56. The molecule has 0 unspecified atom stereocenters. The van der Waals surface area contributed by atoms with Crippen molar-refractivity contribution in [2.24, 2.45) is 5.41 Å². The van der Waals surface area contributed by atoms with Gasteiger partial charge in [0.05, 0.1) is 0 Å². The summed E-state index contributed by atoms with van der Waals surface area (Å²) in [6.07, 6.45) is 0.725. The SMILES string of the molecule is CC(CBr)(CBr)Cc1ccc(Br)cc1F. The molecule has 0 bridgehead atoms. The Bertz CT molecular complexity index is 335. The number of rotatable bonds is 4. The van der Waals surface area contributed by atoms with Crippen molar-refractivity contribution < 1.29 is 4.39 Å². The molecule has 84 valence electrons. The highest BCUT2D eigenvalue weighted by molar-refractivity contribution is 9.10. The maximum absolute atomic E-state index is 13.6. The lowest BCUT2D eigenvalue weighted by Crippen LogP contribution is -2.23. The van der Waals surface area contributed by atoms with Crippen LogP contribution in [0.3, 0.4) is 0 Å². The fourth-order valence-electron chi connectivity index (χ4n) is 1.26. The number of alkyl halides is 2. The molecule has 0 amide bonds. The molecule has 0 nitrogen and oxygen atoms in total. The average molecular weight is 403 g/mol. The van der Waals surface area contributed by atoms with Gasteiger partial charge in [-0.2, -0.15) is 0 Å². The Morgan fingerprint density at radius 1 is 1.27 bits per heavy atom. The highest BCUT2D eigenvalue weighted by Crippen LogP contribution is 2.29. The second-order valence-electron chi connectivity index (χ2n) is 3.99. The van der Waals surface area contributed by atoms with Gasteiger partial charge in [0.2, 0.25) is 0 Å². The second-order valence-corrected chi connectivity index (χ2v) is 6.03. The maximum Gasteiger partial charge on any atom is 0.127 e. The van der Waals surface area contributed by atoms with Crippen LogP contribution in [0.1, 0.15) is 12.5 Å². The van der Waals surface area contributed by atoms with Gasteiger partial charge in [-0.05, 0) is 29.5 Å². The summed E-state index contributed by atoms with van der Waals surface area (Å²) in [7, 11) is 0. The smallest absolute Gasteiger partial charge is 0.127 e. The molecule has 1 aromatic carbocycles. The molecular formula is C11H12Br3F. The largest absolute Gasteiger partial charge is 0.207 e. The van der Waals surface area contributed by atoms with Crippen molar-refractivity contribution in [2.75, 3.05) is 10.7 Å². The monoisotopic (exact) mass is 400 g/mol. The van der Waals surface area contributed by atoms with Crippen molar-refractivity contribution in [3.05, 3.63) is 34.1 Å². The van der Waals surface area contributed by atoms with E-state index in [1.54, 1.807) is 0 Å². The van der Waals surface area contributed by atoms with Crippen LogP contribution in [0, 0.1) is 11.2 Å². The van der Waals surface area contributed by atoms with Gasteiger partial charge < -0.3 is 0 Å². The summed E-state index contributed by atoms with van der Waals surface area (Å²) in [4.78, 5) is 0. The zero-order valence-corrected chi connectivity index (χ0v) is 13.1. The lowest BCUT2D eigenvalue weighted by Gasteiger charge is -2.24. The molecule has 0 aliphatic rings. The van der Waals surface area contributed by atoms with E-state index >= 15 is 0 Å². The summed E-state index contributed by atoms with van der Waals surface area (Å²) < 4.78 is 14.4. The van der Waals surface area contributed by atoms with Crippen molar-refractivity contribution in [1.29, 1.82) is 0 Å². The van der Waals surface area contributed by atoms with E-state index < -0.39 is 0 Å². The first-order chi connectivity index (χ1) is 7.00. The number of hydrogen-bond acceptors (Lipinski definition) is 0. The van der Waals surface area contributed by atoms with E-state index in [4.69, 9.17) is 0 Å². The van der Waals surface area contributed by atoms with E-state index in [1.807, 2.05) is 12.1 Å². The molecule has 1 rings (SSSR count). The van der Waals surface area contributed by atoms with Gasteiger partial charge in [0.15, 0.2) is 0 Å². The van der Waals surface area contributed by atoms with Crippen molar-refractivity contribution in [3.8, 4) is 0 Å². The van der Waals surface area contributed by atoms with E-state index in [0.717, 1.165) is 27.1 Å². The molecule has 0 heterocycles. The van der Waals surface area contributed by atoms with Crippen molar-refractivity contribution >= 4 is 47.8 Å². The minimum absolute atomic E-state index is 0.0503. The third-order valence-corrected chi connectivity index (χ3v) is 5.48. The molecule has 0 aromatic heterocycles. The number of hydrogen-bond donors (Lipinski definition) is 0. The summed E-state index contributed by atoms with van der Waals surface area (Å²) in [6.45, 7) is 2.12. The molecule has 15 heavy (non-hydrogen) atoms. The summed E-state index contributed by atoms with van der Waals surface area (Å²) in [5, 5.41) is 1.70. The van der Waals surface area contributed by atoms with E-state index in [9.17, 15) is 4.39 Å². The van der Waals surface area contributed by atoms with Gasteiger partial charge in [0.25, 0.3) is 0 Å². The average Bonchev–Trinajstić information content (AvgIpc) is 2.22. The fraction of sp³-hybridized carbons (Fsp3) is 0.455. The van der Waals surface area contributed by atoms with E-state index in [1.165, 1.54) is 6.07 Å². The van der Waals surface area contributed by atoms with Gasteiger partial charge in [-0.1, -0.05) is 60.8 Å². The van der Waals surface area contributed by atoms with E-state index in [2.05, 4.69) is 54.7 Å². The predicted molar refractivity (Wildman–Crippen MR) is 73.5 cm³/mol. The molecule has 1 aromatic rings. The predicted octanol–water partition coefficient (Wildman–Crippen LogP) is 4.93. The molecule has 0 radical (unpaired) electrons. The van der Waals surface area contributed by atoms with Crippen LogP contribution in [0.5, 0.6) is 0 Å². The molecule has 0 saturated carbocycles. The van der Waals surface area contributed by atoms with Gasteiger partial charge in [-0.15, -0.1) is 0 Å². The third kappa shape index (κ3) is 3.82. The standard InChI is InChI=1S/C11H12Br3F/c1-11(6-12,7-13)5-8-2-3-9(14)4-10(8)15/h2-4H,5-7H2,1H3. The van der Waals surface area contributed by atoms with Crippen LogP contribution in [0.25, 0.3) is 0 Å². The van der Waals surface area contributed by atoms with Crippen LogP contribution in [-0.4, -0.2) is 10.7 Å². The minimum atomic E-state index is -0.141. The zero-order chi connectivity index (χ0) is 11.5. The quantitative estimate of drug-likeness (QED) is 0.626. The van der Waals surface area contributed by atoms with Crippen molar-refractivity contribution in [3.63, 3.8) is 0 Å². The lowest BCUT2D eigenvalue weighted by atomic mass is 9.88. The number of halogens is 4. The number of benzene rings is 1. The summed E-state index contributed by atoms with van der Waals surface area (Å²) in [6, 6.07) is 5.22. The lowest BCUT2D eigenvalue weighted by molar-refractivity contribution is 0.427. The molecule has 0 fully saturated rings. The van der Waals surface area contributed by atoms with Gasteiger partial charge in [-0.3, -0.25) is 0 Å². The zero-order valence-electron chi connectivity index (χ0n) is 8.37. The van der Waals surface area contributed by atoms with Gasteiger partial charge in [0, 0.05) is 15.1 Å². The van der Waals surface area contributed by atoms with Gasteiger partial charge >= 0.3 is 0 Å². The molecule has 0 saturated heterocycles. The third-order valence-electron chi connectivity index (χ3n) is 2.28. The molecule has 0 aliphatic heterocycles. The Labute approximate surface area is 115 Å². The molecule has 0 spiro atoms. The van der Waals surface area contributed by atoms with Crippen molar-refractivity contribution in [1.82, 2.24) is 0 Å². The van der Waals surface area contributed by atoms with Crippen LogP contribution < -0.4 is 0 Å².